The monoisotopic (exact) mass is 209 g/mol. The summed E-state index contributed by atoms with van der Waals surface area (Å²) in [5.41, 5.74) is 6.81. The van der Waals surface area contributed by atoms with Crippen molar-refractivity contribution in [3.05, 3.63) is 11.8 Å². The molecule has 2 rings (SSSR count). The molecule has 0 aliphatic carbocycles. The van der Waals surface area contributed by atoms with Gasteiger partial charge in [0, 0.05) is 45.8 Å². The molecule has 1 aromatic rings. The van der Waals surface area contributed by atoms with Crippen LogP contribution in [0.1, 0.15) is 5.69 Å². The van der Waals surface area contributed by atoms with Gasteiger partial charge in [-0.3, -0.25) is 9.58 Å². The summed E-state index contributed by atoms with van der Waals surface area (Å²) in [6, 6.07) is 1.96. The van der Waals surface area contributed by atoms with E-state index in [0.29, 0.717) is 0 Å². The largest absolute Gasteiger partial charge is 0.384 e. The number of rotatable bonds is 2. The molecule has 2 heterocycles. The first kappa shape index (κ1) is 10.4. The summed E-state index contributed by atoms with van der Waals surface area (Å²) in [6.07, 6.45) is 0. The molecule has 1 aliphatic rings. The summed E-state index contributed by atoms with van der Waals surface area (Å²) < 4.78 is 1.73. The zero-order chi connectivity index (χ0) is 10.8. The van der Waals surface area contributed by atoms with Gasteiger partial charge in [-0.25, -0.2) is 0 Å². The molecule has 0 radical (unpaired) electrons. The maximum Gasteiger partial charge on any atom is 0.121 e. The molecule has 0 aromatic carbocycles. The van der Waals surface area contributed by atoms with Gasteiger partial charge in [0.1, 0.15) is 5.82 Å². The average Bonchev–Trinajstić information content (AvgIpc) is 2.50. The molecule has 84 valence electrons. The maximum absolute atomic E-state index is 5.74. The van der Waals surface area contributed by atoms with Gasteiger partial charge in [0.05, 0.1) is 5.69 Å². The molecular formula is C10H19N5. The van der Waals surface area contributed by atoms with Crippen LogP contribution in [0, 0.1) is 0 Å². The number of anilines is 1. The Morgan fingerprint density at radius 2 is 1.93 bits per heavy atom. The molecule has 0 spiro atoms. The van der Waals surface area contributed by atoms with E-state index in [4.69, 9.17) is 5.73 Å². The fourth-order valence-corrected chi connectivity index (χ4v) is 1.86. The molecule has 1 aliphatic heterocycles. The summed E-state index contributed by atoms with van der Waals surface area (Å²) >= 11 is 0. The third kappa shape index (κ3) is 2.49. The van der Waals surface area contributed by atoms with Crippen molar-refractivity contribution < 1.29 is 0 Å². The summed E-state index contributed by atoms with van der Waals surface area (Å²) in [6.45, 7) is 5.43. The quantitative estimate of drug-likeness (QED) is 0.730. The van der Waals surface area contributed by atoms with E-state index < -0.39 is 0 Å². The van der Waals surface area contributed by atoms with Crippen molar-refractivity contribution in [1.82, 2.24) is 19.6 Å². The predicted octanol–water partition coefficient (Wildman–Crippen LogP) is -0.250. The van der Waals surface area contributed by atoms with Crippen LogP contribution in [0.5, 0.6) is 0 Å². The first-order chi connectivity index (χ1) is 7.15. The minimum atomic E-state index is 0.735. The minimum Gasteiger partial charge on any atom is -0.384 e. The second-order valence-electron chi connectivity index (χ2n) is 4.26. The van der Waals surface area contributed by atoms with Crippen LogP contribution in [0.2, 0.25) is 0 Å². The van der Waals surface area contributed by atoms with E-state index in [1.54, 1.807) is 4.68 Å². The van der Waals surface area contributed by atoms with Gasteiger partial charge in [0.15, 0.2) is 0 Å². The van der Waals surface area contributed by atoms with Gasteiger partial charge in [-0.05, 0) is 7.05 Å². The lowest BCUT2D eigenvalue weighted by atomic mass is 10.3. The number of likely N-dealkylation sites (N-methyl/N-ethyl adjacent to an activating group) is 1. The topological polar surface area (TPSA) is 50.3 Å². The maximum atomic E-state index is 5.74. The molecule has 1 saturated heterocycles. The standard InChI is InChI=1S/C10H19N5/c1-13-3-5-15(6-4-13)8-9-7-10(11)14(2)12-9/h7H,3-6,8,11H2,1-2H3. The number of piperazine rings is 1. The molecule has 2 N–H and O–H groups in total. The Morgan fingerprint density at radius 1 is 1.27 bits per heavy atom. The highest BCUT2D eigenvalue weighted by molar-refractivity contribution is 5.30. The highest BCUT2D eigenvalue weighted by atomic mass is 15.3. The van der Waals surface area contributed by atoms with Crippen molar-refractivity contribution in [1.29, 1.82) is 0 Å². The Hall–Kier alpha value is -1.07. The number of aromatic nitrogens is 2. The fourth-order valence-electron chi connectivity index (χ4n) is 1.86. The van der Waals surface area contributed by atoms with Crippen LogP contribution in [-0.2, 0) is 13.6 Å². The van der Waals surface area contributed by atoms with Gasteiger partial charge in [-0.15, -0.1) is 0 Å². The second-order valence-corrected chi connectivity index (χ2v) is 4.26. The van der Waals surface area contributed by atoms with E-state index in [0.717, 1.165) is 44.2 Å². The molecule has 0 saturated carbocycles. The van der Waals surface area contributed by atoms with Crippen LogP contribution >= 0.6 is 0 Å². The zero-order valence-electron chi connectivity index (χ0n) is 9.48. The van der Waals surface area contributed by atoms with Crippen molar-refractivity contribution in [2.45, 2.75) is 6.54 Å². The molecule has 1 fully saturated rings. The molecule has 5 heteroatoms. The molecule has 0 unspecified atom stereocenters. The third-order valence-electron chi connectivity index (χ3n) is 2.95. The predicted molar refractivity (Wildman–Crippen MR) is 60.4 cm³/mol. The van der Waals surface area contributed by atoms with Gasteiger partial charge >= 0.3 is 0 Å². The lowest BCUT2D eigenvalue weighted by molar-refractivity contribution is 0.146. The fraction of sp³-hybridized carbons (Fsp3) is 0.700. The summed E-state index contributed by atoms with van der Waals surface area (Å²) in [7, 11) is 4.04. The lowest BCUT2D eigenvalue weighted by Crippen LogP contribution is -2.43. The SMILES string of the molecule is CN1CCN(Cc2cc(N)n(C)n2)CC1. The molecule has 0 atom stereocenters. The van der Waals surface area contributed by atoms with E-state index in [1.165, 1.54) is 0 Å². The highest BCUT2D eigenvalue weighted by Gasteiger charge is 2.15. The van der Waals surface area contributed by atoms with Crippen LogP contribution in [0.3, 0.4) is 0 Å². The lowest BCUT2D eigenvalue weighted by Gasteiger charge is -2.31. The van der Waals surface area contributed by atoms with E-state index in [-0.39, 0.29) is 0 Å². The Kier molecular flexibility index (Phi) is 2.93. The van der Waals surface area contributed by atoms with Crippen LogP contribution in [0.4, 0.5) is 5.82 Å². The van der Waals surface area contributed by atoms with Gasteiger partial charge in [0.2, 0.25) is 0 Å². The first-order valence-corrected chi connectivity index (χ1v) is 5.34. The minimum absolute atomic E-state index is 0.735. The first-order valence-electron chi connectivity index (χ1n) is 5.34. The van der Waals surface area contributed by atoms with Gasteiger partial charge in [-0.2, -0.15) is 5.10 Å². The van der Waals surface area contributed by atoms with Crippen LogP contribution in [0.15, 0.2) is 6.07 Å². The summed E-state index contributed by atoms with van der Waals surface area (Å²) in [4.78, 5) is 4.77. The molecule has 5 nitrogen and oxygen atoms in total. The number of hydrogen-bond donors (Lipinski definition) is 1. The van der Waals surface area contributed by atoms with Crippen molar-refractivity contribution in [3.8, 4) is 0 Å². The van der Waals surface area contributed by atoms with Crippen molar-refractivity contribution >= 4 is 5.82 Å². The summed E-state index contributed by atoms with van der Waals surface area (Å²) in [5.74, 6) is 0.735. The van der Waals surface area contributed by atoms with Gasteiger partial charge < -0.3 is 10.6 Å². The Labute approximate surface area is 90.4 Å². The van der Waals surface area contributed by atoms with E-state index in [2.05, 4.69) is 21.9 Å². The van der Waals surface area contributed by atoms with Crippen molar-refractivity contribution in [2.24, 2.45) is 7.05 Å². The number of nitrogen functional groups attached to an aromatic ring is 1. The smallest absolute Gasteiger partial charge is 0.121 e. The molecule has 0 amide bonds. The summed E-state index contributed by atoms with van der Waals surface area (Å²) in [5, 5.41) is 4.36. The van der Waals surface area contributed by atoms with E-state index >= 15 is 0 Å². The molecule has 1 aromatic heterocycles. The van der Waals surface area contributed by atoms with Crippen molar-refractivity contribution in [3.63, 3.8) is 0 Å². The normalized spacial score (nSPS) is 19.6. The number of hydrogen-bond acceptors (Lipinski definition) is 4. The molecular weight excluding hydrogens is 190 g/mol. The Bertz CT molecular complexity index is 305. The van der Waals surface area contributed by atoms with Gasteiger partial charge in [0.25, 0.3) is 0 Å². The second kappa shape index (κ2) is 4.20. The van der Waals surface area contributed by atoms with Gasteiger partial charge in [-0.1, -0.05) is 0 Å². The van der Waals surface area contributed by atoms with E-state index in [1.807, 2.05) is 13.1 Å². The zero-order valence-corrected chi connectivity index (χ0v) is 9.48. The Balaban J connectivity index is 1.91. The number of nitrogens with two attached hydrogens (primary N) is 1. The Morgan fingerprint density at radius 3 is 2.47 bits per heavy atom. The molecule has 0 bridgehead atoms. The number of nitrogens with zero attached hydrogens (tertiary/aromatic N) is 4. The van der Waals surface area contributed by atoms with Crippen LogP contribution in [-0.4, -0.2) is 52.8 Å². The third-order valence-corrected chi connectivity index (χ3v) is 2.95. The van der Waals surface area contributed by atoms with E-state index in [9.17, 15) is 0 Å². The van der Waals surface area contributed by atoms with Crippen molar-refractivity contribution in [2.75, 3.05) is 39.0 Å². The average molecular weight is 209 g/mol. The van der Waals surface area contributed by atoms with Crippen LogP contribution < -0.4 is 5.73 Å². The number of aryl methyl sites for hydroxylation is 1. The highest BCUT2D eigenvalue weighted by Crippen LogP contribution is 2.09. The van der Waals surface area contributed by atoms with Crippen LogP contribution in [0.25, 0.3) is 0 Å². The molecule has 15 heavy (non-hydrogen) atoms.